The lowest BCUT2D eigenvalue weighted by Gasteiger charge is -2.09. The molecule has 3 aliphatic rings. The molecule has 0 radical (unpaired) electrons. The highest BCUT2D eigenvalue weighted by Crippen LogP contribution is 2.49. The van der Waals surface area contributed by atoms with E-state index in [2.05, 4.69) is 48.5 Å². The molecule has 0 atom stereocenters. The Balaban J connectivity index is 0.000000173. The SMILES string of the molecule is CC(C)CC1(C)CC1.CC(C)CC1CC1.CC(C)CCC1CC1. The first kappa shape index (κ1) is 21.0. The van der Waals surface area contributed by atoms with Crippen LogP contribution in [0.15, 0.2) is 0 Å². The maximum Gasteiger partial charge on any atom is -0.0323 e. The van der Waals surface area contributed by atoms with Crippen LogP contribution in [0.25, 0.3) is 0 Å². The van der Waals surface area contributed by atoms with Crippen LogP contribution in [0.2, 0.25) is 0 Å². The summed E-state index contributed by atoms with van der Waals surface area (Å²) in [6, 6.07) is 0. The van der Waals surface area contributed by atoms with Gasteiger partial charge in [-0.1, -0.05) is 87.0 Å². The Bertz CT molecular complexity index is 285. The maximum absolute atomic E-state index is 2.40. The molecule has 0 aliphatic heterocycles. The fourth-order valence-electron chi connectivity index (χ4n) is 3.40. The zero-order valence-electron chi connectivity index (χ0n) is 17.5. The van der Waals surface area contributed by atoms with Gasteiger partial charge in [0.25, 0.3) is 0 Å². The Kier molecular flexibility index (Phi) is 9.24. The van der Waals surface area contributed by atoms with E-state index in [-0.39, 0.29) is 0 Å². The van der Waals surface area contributed by atoms with Crippen molar-refractivity contribution in [1.29, 1.82) is 0 Å². The van der Waals surface area contributed by atoms with Gasteiger partial charge < -0.3 is 0 Å². The van der Waals surface area contributed by atoms with Crippen LogP contribution in [-0.2, 0) is 0 Å². The van der Waals surface area contributed by atoms with Gasteiger partial charge in [0.15, 0.2) is 0 Å². The second-order valence-corrected chi connectivity index (χ2v) is 10.4. The highest BCUT2D eigenvalue weighted by Gasteiger charge is 2.37. The van der Waals surface area contributed by atoms with Gasteiger partial charge in [0.05, 0.1) is 0 Å². The summed E-state index contributed by atoms with van der Waals surface area (Å²) in [6.07, 6.45) is 14.9. The van der Waals surface area contributed by atoms with Crippen LogP contribution in [0.3, 0.4) is 0 Å². The van der Waals surface area contributed by atoms with Crippen LogP contribution in [0.4, 0.5) is 0 Å². The zero-order chi connectivity index (χ0) is 17.5. The first-order valence-electron chi connectivity index (χ1n) is 10.7. The van der Waals surface area contributed by atoms with Crippen molar-refractivity contribution >= 4 is 0 Å². The number of rotatable bonds is 7. The zero-order valence-corrected chi connectivity index (χ0v) is 17.5. The van der Waals surface area contributed by atoms with Crippen molar-refractivity contribution in [2.75, 3.05) is 0 Å². The lowest BCUT2D eigenvalue weighted by molar-refractivity contribution is 0.422. The third kappa shape index (κ3) is 14.1. The number of hydrogen-bond donors (Lipinski definition) is 0. The van der Waals surface area contributed by atoms with Gasteiger partial charge in [-0.05, 0) is 60.7 Å². The summed E-state index contributed by atoms with van der Waals surface area (Å²) in [6.45, 7) is 16.2. The van der Waals surface area contributed by atoms with Crippen molar-refractivity contribution in [2.24, 2.45) is 35.0 Å². The van der Waals surface area contributed by atoms with Crippen LogP contribution in [0.1, 0.15) is 113 Å². The molecule has 0 spiro atoms. The Hall–Kier alpha value is 0. The Morgan fingerprint density at radius 1 is 0.739 bits per heavy atom. The minimum absolute atomic E-state index is 0.772. The van der Waals surface area contributed by atoms with E-state index in [0.717, 1.165) is 35.0 Å². The van der Waals surface area contributed by atoms with Crippen molar-refractivity contribution in [3.05, 3.63) is 0 Å². The molecular formula is C23H46. The smallest absolute Gasteiger partial charge is 0.0323 e. The number of hydrogen-bond acceptors (Lipinski definition) is 0. The molecule has 0 aromatic carbocycles. The van der Waals surface area contributed by atoms with Gasteiger partial charge >= 0.3 is 0 Å². The van der Waals surface area contributed by atoms with Crippen LogP contribution < -0.4 is 0 Å². The molecule has 23 heavy (non-hydrogen) atoms. The first-order chi connectivity index (χ1) is 10.7. The summed E-state index contributed by atoms with van der Waals surface area (Å²) < 4.78 is 0. The van der Waals surface area contributed by atoms with Crippen molar-refractivity contribution in [3.63, 3.8) is 0 Å². The predicted molar refractivity (Wildman–Crippen MR) is 106 cm³/mol. The Morgan fingerprint density at radius 3 is 1.48 bits per heavy atom. The van der Waals surface area contributed by atoms with Gasteiger partial charge in [0, 0.05) is 0 Å². The summed E-state index contributed by atoms with van der Waals surface area (Å²) >= 11 is 0. The van der Waals surface area contributed by atoms with Crippen LogP contribution in [0, 0.1) is 35.0 Å². The topological polar surface area (TPSA) is 0 Å². The van der Waals surface area contributed by atoms with Gasteiger partial charge in [-0.15, -0.1) is 0 Å². The van der Waals surface area contributed by atoms with Crippen molar-refractivity contribution in [2.45, 2.75) is 113 Å². The predicted octanol–water partition coefficient (Wildman–Crippen LogP) is 8.11. The second kappa shape index (κ2) is 10.1. The normalized spacial score (nSPS) is 21.7. The van der Waals surface area contributed by atoms with Crippen LogP contribution in [-0.4, -0.2) is 0 Å². The molecular weight excluding hydrogens is 276 g/mol. The first-order valence-corrected chi connectivity index (χ1v) is 10.7. The molecule has 3 aliphatic carbocycles. The largest absolute Gasteiger partial charge is 0.0628 e. The molecule has 0 unspecified atom stereocenters. The Labute approximate surface area is 148 Å². The molecule has 0 nitrogen and oxygen atoms in total. The lowest BCUT2D eigenvalue weighted by Crippen LogP contribution is -1.98. The van der Waals surface area contributed by atoms with Crippen molar-refractivity contribution in [3.8, 4) is 0 Å². The summed E-state index contributed by atoms with van der Waals surface area (Å²) in [4.78, 5) is 0. The molecule has 3 rings (SSSR count). The van der Waals surface area contributed by atoms with Gasteiger partial charge in [-0.3, -0.25) is 0 Å². The van der Waals surface area contributed by atoms with Crippen LogP contribution in [0.5, 0.6) is 0 Å². The molecule has 0 N–H and O–H groups in total. The van der Waals surface area contributed by atoms with E-state index < -0.39 is 0 Å². The monoisotopic (exact) mass is 322 g/mol. The Morgan fingerprint density at radius 2 is 1.26 bits per heavy atom. The molecule has 0 heteroatoms. The van der Waals surface area contributed by atoms with Crippen LogP contribution >= 0.6 is 0 Å². The van der Waals surface area contributed by atoms with E-state index in [9.17, 15) is 0 Å². The van der Waals surface area contributed by atoms with Crippen molar-refractivity contribution in [1.82, 2.24) is 0 Å². The lowest BCUT2D eigenvalue weighted by atomic mass is 9.97. The summed E-state index contributed by atoms with van der Waals surface area (Å²) in [5.74, 6) is 5.03. The minimum atomic E-state index is 0.772. The molecule has 3 saturated carbocycles. The third-order valence-corrected chi connectivity index (χ3v) is 5.36. The second-order valence-electron chi connectivity index (χ2n) is 10.4. The van der Waals surface area contributed by atoms with Gasteiger partial charge in [0.2, 0.25) is 0 Å². The van der Waals surface area contributed by atoms with Gasteiger partial charge in [0.1, 0.15) is 0 Å². The van der Waals surface area contributed by atoms with E-state index >= 15 is 0 Å². The molecule has 0 bridgehead atoms. The van der Waals surface area contributed by atoms with E-state index in [4.69, 9.17) is 0 Å². The quantitative estimate of drug-likeness (QED) is 0.444. The molecule has 3 fully saturated rings. The van der Waals surface area contributed by atoms with Crippen molar-refractivity contribution < 1.29 is 0 Å². The molecule has 0 amide bonds. The highest BCUT2D eigenvalue weighted by molar-refractivity contribution is 4.88. The van der Waals surface area contributed by atoms with Gasteiger partial charge in [-0.2, -0.15) is 0 Å². The summed E-state index contributed by atoms with van der Waals surface area (Å²) in [7, 11) is 0. The summed E-state index contributed by atoms with van der Waals surface area (Å²) in [5, 5.41) is 0. The van der Waals surface area contributed by atoms with E-state index in [1.54, 1.807) is 0 Å². The minimum Gasteiger partial charge on any atom is -0.0628 e. The molecule has 138 valence electrons. The summed E-state index contributed by atoms with van der Waals surface area (Å²) in [5.41, 5.74) is 0.772. The molecule has 0 aromatic heterocycles. The van der Waals surface area contributed by atoms with E-state index in [1.165, 1.54) is 64.2 Å². The standard InChI is InChI=1S/2C8H16.C7H14/c1-7(2)6-8(3)4-5-8;1-7(2)3-4-8-5-6-8;1-6(2)5-7-3-4-7/h7H,4-6H2,1-3H3;7-8H,3-6H2,1-2H3;6-7H,3-5H2,1-2H3. The highest BCUT2D eigenvalue weighted by atomic mass is 14.4. The maximum atomic E-state index is 2.40. The average molecular weight is 323 g/mol. The molecule has 0 heterocycles. The fourth-order valence-corrected chi connectivity index (χ4v) is 3.40. The van der Waals surface area contributed by atoms with Gasteiger partial charge in [-0.25, -0.2) is 0 Å². The van der Waals surface area contributed by atoms with E-state index in [0.29, 0.717) is 0 Å². The average Bonchev–Trinajstić information content (AvgIpc) is 3.24. The molecule has 0 aromatic rings. The third-order valence-electron chi connectivity index (χ3n) is 5.36. The van der Waals surface area contributed by atoms with E-state index in [1.807, 2.05) is 0 Å². The molecule has 0 saturated heterocycles. The fraction of sp³-hybridized carbons (Fsp3) is 1.00.